The Kier molecular flexibility index (Phi) is 3.59. The van der Waals surface area contributed by atoms with E-state index in [0.717, 1.165) is 6.17 Å². The van der Waals surface area contributed by atoms with Crippen molar-refractivity contribution in [3.05, 3.63) is 0 Å². The number of nitrogens with one attached hydrogen (secondary N) is 1. The van der Waals surface area contributed by atoms with Gasteiger partial charge < -0.3 is 5.23 Å². The predicted molar refractivity (Wildman–Crippen MR) is 42.7 cm³/mol. The summed E-state index contributed by atoms with van der Waals surface area (Å²) in [7, 11) is 0.455. The molecule has 49 valence electrons. The first-order valence-corrected chi connectivity index (χ1v) is 6.72. The van der Waals surface area contributed by atoms with Crippen molar-refractivity contribution in [3.8, 4) is 5.97 Å². The van der Waals surface area contributed by atoms with E-state index < -0.39 is 8.07 Å². The molecule has 0 fully saturated rings. The molecule has 0 saturated heterocycles. The zero-order valence-electron chi connectivity index (χ0n) is 6.23. The average Bonchev–Trinajstić information content (AvgIpc) is 1.63. The molecule has 0 bridgehead atoms. The number of rotatable bonds is 3. The molecular weight excluding hydrogens is 127 g/mol. The minimum absolute atomic E-state index is 0.987. The standard InChI is InChI=1S/C5H12BN2Si/c1-9(2,3)5-8-6-4-7/h8H,5H2,1-3H3. The maximum Gasteiger partial charge on any atom is 0.348 e. The Morgan fingerprint density at radius 1 is 1.56 bits per heavy atom. The summed E-state index contributed by atoms with van der Waals surface area (Å²) in [5, 5.41) is 11.1. The maximum atomic E-state index is 8.11. The van der Waals surface area contributed by atoms with Crippen molar-refractivity contribution in [1.29, 1.82) is 5.26 Å². The van der Waals surface area contributed by atoms with Gasteiger partial charge in [-0.05, 0) is 6.17 Å². The Morgan fingerprint density at radius 3 is 2.44 bits per heavy atom. The van der Waals surface area contributed by atoms with Crippen LogP contribution in [0.2, 0.25) is 19.6 Å². The molecule has 0 spiro atoms. The molecule has 0 atom stereocenters. The summed E-state index contributed by atoms with van der Waals surface area (Å²) < 4.78 is 0. The summed E-state index contributed by atoms with van der Waals surface area (Å²) >= 11 is 0. The number of nitrogens with zero attached hydrogens (tertiary/aromatic N) is 1. The summed E-state index contributed by atoms with van der Waals surface area (Å²) in [6.07, 6.45) is 0.987. The molecular formula is C5H12BN2Si. The monoisotopic (exact) mass is 139 g/mol. The third-order valence-corrected chi connectivity index (χ3v) is 2.06. The Labute approximate surface area is 58.5 Å². The first kappa shape index (κ1) is 8.73. The van der Waals surface area contributed by atoms with Crippen LogP contribution in [0.15, 0.2) is 0 Å². The third kappa shape index (κ3) is 7.73. The van der Waals surface area contributed by atoms with Crippen molar-refractivity contribution in [2.24, 2.45) is 0 Å². The zero-order valence-corrected chi connectivity index (χ0v) is 7.23. The van der Waals surface area contributed by atoms with Gasteiger partial charge >= 0.3 is 7.41 Å². The predicted octanol–water partition coefficient (Wildman–Crippen LogP) is 0.554. The molecule has 0 saturated carbocycles. The van der Waals surface area contributed by atoms with E-state index in [1.54, 1.807) is 0 Å². The van der Waals surface area contributed by atoms with Crippen LogP contribution in [0.3, 0.4) is 0 Å². The lowest BCUT2D eigenvalue weighted by Gasteiger charge is -2.14. The molecule has 1 radical (unpaired) electrons. The first-order valence-electron chi connectivity index (χ1n) is 3.01. The van der Waals surface area contributed by atoms with E-state index in [-0.39, 0.29) is 0 Å². The second-order valence-corrected chi connectivity index (χ2v) is 8.69. The van der Waals surface area contributed by atoms with Gasteiger partial charge in [0.25, 0.3) is 0 Å². The van der Waals surface area contributed by atoms with Crippen LogP contribution in [0.5, 0.6) is 0 Å². The largest absolute Gasteiger partial charge is 0.349 e. The van der Waals surface area contributed by atoms with Gasteiger partial charge in [-0.2, -0.15) is 0 Å². The van der Waals surface area contributed by atoms with Crippen molar-refractivity contribution in [2.75, 3.05) is 6.17 Å². The molecule has 0 aliphatic heterocycles. The normalized spacial score (nSPS) is 10.4. The highest BCUT2D eigenvalue weighted by Crippen LogP contribution is 1.95. The van der Waals surface area contributed by atoms with Crippen LogP contribution in [-0.2, 0) is 0 Å². The Balaban J connectivity index is 3.20. The van der Waals surface area contributed by atoms with Crippen molar-refractivity contribution in [2.45, 2.75) is 19.6 Å². The molecule has 0 aliphatic rings. The number of hydrogen-bond donors (Lipinski definition) is 1. The lowest BCUT2D eigenvalue weighted by Crippen LogP contribution is -2.38. The molecule has 0 aromatic carbocycles. The fourth-order valence-corrected chi connectivity index (χ4v) is 1.12. The topological polar surface area (TPSA) is 35.8 Å². The van der Waals surface area contributed by atoms with Crippen LogP contribution < -0.4 is 5.23 Å². The molecule has 4 heteroatoms. The summed E-state index contributed by atoms with van der Waals surface area (Å²) in [6, 6.07) is 0. The molecule has 0 rings (SSSR count). The Bertz CT molecular complexity index is 113. The average molecular weight is 139 g/mol. The molecule has 0 aromatic rings. The fourth-order valence-electron chi connectivity index (χ4n) is 0.403. The first-order chi connectivity index (χ1) is 4.06. The lowest BCUT2D eigenvalue weighted by atomic mass is 10.0. The second-order valence-electron chi connectivity index (χ2n) is 3.21. The van der Waals surface area contributed by atoms with E-state index in [0.29, 0.717) is 0 Å². The van der Waals surface area contributed by atoms with Crippen molar-refractivity contribution in [3.63, 3.8) is 0 Å². The van der Waals surface area contributed by atoms with Crippen LogP contribution in [-0.4, -0.2) is 21.7 Å². The van der Waals surface area contributed by atoms with E-state index in [9.17, 15) is 0 Å². The van der Waals surface area contributed by atoms with Gasteiger partial charge in [0.15, 0.2) is 0 Å². The van der Waals surface area contributed by atoms with E-state index in [1.165, 1.54) is 7.41 Å². The molecule has 0 amide bonds. The van der Waals surface area contributed by atoms with E-state index in [1.807, 2.05) is 5.97 Å². The van der Waals surface area contributed by atoms with Crippen LogP contribution in [0.25, 0.3) is 0 Å². The van der Waals surface area contributed by atoms with Crippen molar-refractivity contribution >= 4 is 15.5 Å². The molecule has 0 unspecified atom stereocenters. The summed E-state index contributed by atoms with van der Waals surface area (Å²) in [6.45, 7) is 6.77. The lowest BCUT2D eigenvalue weighted by molar-refractivity contribution is 1.13. The maximum absolute atomic E-state index is 8.11. The number of nitriles is 1. The molecule has 0 aliphatic carbocycles. The van der Waals surface area contributed by atoms with Crippen LogP contribution in [0, 0.1) is 11.2 Å². The zero-order chi connectivity index (χ0) is 7.33. The molecule has 2 nitrogen and oxygen atoms in total. The Hall–Kier alpha value is -0.268. The summed E-state index contributed by atoms with van der Waals surface area (Å²) in [4.78, 5) is 0. The van der Waals surface area contributed by atoms with Gasteiger partial charge in [0.1, 0.15) is 0 Å². The van der Waals surface area contributed by atoms with Gasteiger partial charge in [-0.1, -0.05) is 19.6 Å². The van der Waals surface area contributed by atoms with Gasteiger partial charge in [0.05, 0.1) is 8.07 Å². The van der Waals surface area contributed by atoms with Crippen molar-refractivity contribution in [1.82, 2.24) is 5.23 Å². The van der Waals surface area contributed by atoms with Gasteiger partial charge in [-0.25, -0.2) is 5.26 Å². The van der Waals surface area contributed by atoms with E-state index in [2.05, 4.69) is 24.9 Å². The number of hydrogen-bond acceptors (Lipinski definition) is 2. The third-order valence-electron chi connectivity index (χ3n) is 0.799. The quantitative estimate of drug-likeness (QED) is 0.458. The fraction of sp³-hybridized carbons (Fsp3) is 0.800. The van der Waals surface area contributed by atoms with Crippen LogP contribution in [0.1, 0.15) is 0 Å². The molecule has 0 heterocycles. The second kappa shape index (κ2) is 3.70. The minimum atomic E-state index is -0.988. The summed E-state index contributed by atoms with van der Waals surface area (Å²) in [5.74, 6) is 1.93. The van der Waals surface area contributed by atoms with Gasteiger partial charge in [-0.3, -0.25) is 0 Å². The van der Waals surface area contributed by atoms with E-state index >= 15 is 0 Å². The van der Waals surface area contributed by atoms with E-state index in [4.69, 9.17) is 5.26 Å². The van der Waals surface area contributed by atoms with Gasteiger partial charge in [-0.15, -0.1) is 0 Å². The molecule has 1 N–H and O–H groups in total. The van der Waals surface area contributed by atoms with Crippen LogP contribution in [0.4, 0.5) is 0 Å². The summed E-state index contributed by atoms with van der Waals surface area (Å²) in [5.41, 5.74) is 0. The van der Waals surface area contributed by atoms with Gasteiger partial charge in [0, 0.05) is 5.97 Å². The highest BCUT2D eigenvalue weighted by molar-refractivity contribution is 6.76. The highest BCUT2D eigenvalue weighted by atomic mass is 28.3. The minimum Gasteiger partial charge on any atom is -0.349 e. The molecule has 9 heavy (non-hydrogen) atoms. The van der Waals surface area contributed by atoms with Crippen molar-refractivity contribution < 1.29 is 0 Å². The Morgan fingerprint density at radius 2 is 2.11 bits per heavy atom. The highest BCUT2D eigenvalue weighted by Gasteiger charge is 2.11. The van der Waals surface area contributed by atoms with Crippen LogP contribution >= 0.6 is 0 Å². The molecule has 0 aromatic heterocycles. The SMILES string of the molecule is C[Si](C)(C)CN[B]C#N. The smallest absolute Gasteiger partial charge is 0.348 e. The van der Waals surface area contributed by atoms with Gasteiger partial charge in [0.2, 0.25) is 0 Å².